The summed E-state index contributed by atoms with van der Waals surface area (Å²) in [4.78, 5) is 43.9. The molecule has 0 spiro atoms. The van der Waals surface area contributed by atoms with E-state index in [2.05, 4.69) is 36.2 Å². The lowest BCUT2D eigenvalue weighted by Crippen LogP contribution is -2.30. The van der Waals surface area contributed by atoms with Gasteiger partial charge in [0.15, 0.2) is 0 Å². The number of hydrogen-bond donors (Lipinski definition) is 3. The fraction of sp³-hybridized carbons (Fsp3) is 0.0667. The van der Waals surface area contributed by atoms with Gasteiger partial charge in [-0.3, -0.25) is 19.4 Å². The van der Waals surface area contributed by atoms with E-state index < -0.39 is 11.1 Å². The van der Waals surface area contributed by atoms with Crippen LogP contribution in [0.25, 0.3) is 11.0 Å². The molecule has 2 heterocycles. The molecule has 0 atom stereocenters. The highest BCUT2D eigenvalue weighted by Gasteiger charge is 2.09. The van der Waals surface area contributed by atoms with Crippen LogP contribution in [-0.4, -0.2) is 20.9 Å². The van der Waals surface area contributed by atoms with Gasteiger partial charge in [-0.1, -0.05) is 15.9 Å². The third-order valence-corrected chi connectivity index (χ3v) is 3.72. The zero-order valence-corrected chi connectivity index (χ0v) is 13.3. The Kier molecular flexibility index (Phi) is 4.07. The summed E-state index contributed by atoms with van der Waals surface area (Å²) in [5.41, 5.74) is 0.667. The standard InChI is InChI=1S/C15H11BrN4O3/c16-10-5-9(7-18-13(21)8-1-3-17-4-2-8)12-11(6-10)19-14(22)15(23)20-12/h1-6H,7H2,(H,18,21)(H,19,22)(H,20,23). The second-order valence-corrected chi connectivity index (χ2v) is 5.73. The number of rotatable bonds is 3. The zero-order valence-electron chi connectivity index (χ0n) is 11.7. The van der Waals surface area contributed by atoms with E-state index in [9.17, 15) is 14.4 Å². The molecule has 0 aliphatic heterocycles. The van der Waals surface area contributed by atoms with Crippen LogP contribution >= 0.6 is 15.9 Å². The van der Waals surface area contributed by atoms with Crippen LogP contribution in [0.15, 0.2) is 50.7 Å². The second kappa shape index (κ2) is 6.17. The molecule has 2 aromatic heterocycles. The number of nitrogens with one attached hydrogen (secondary N) is 3. The first-order chi connectivity index (χ1) is 11.0. The fourth-order valence-electron chi connectivity index (χ4n) is 2.18. The molecule has 3 rings (SSSR count). The maximum atomic E-state index is 12.1. The van der Waals surface area contributed by atoms with Gasteiger partial charge in [0.05, 0.1) is 11.0 Å². The number of amides is 1. The highest BCUT2D eigenvalue weighted by atomic mass is 79.9. The summed E-state index contributed by atoms with van der Waals surface area (Å²) in [7, 11) is 0. The third-order valence-electron chi connectivity index (χ3n) is 3.26. The maximum Gasteiger partial charge on any atom is 0.314 e. The monoisotopic (exact) mass is 374 g/mol. The van der Waals surface area contributed by atoms with Crippen LogP contribution in [0.2, 0.25) is 0 Å². The van der Waals surface area contributed by atoms with Gasteiger partial charge in [0.25, 0.3) is 5.91 Å². The molecule has 3 aromatic rings. The minimum atomic E-state index is -0.735. The molecule has 1 amide bonds. The van der Waals surface area contributed by atoms with Crippen molar-refractivity contribution in [1.29, 1.82) is 0 Å². The Morgan fingerprint density at radius 3 is 2.57 bits per heavy atom. The first-order valence-electron chi connectivity index (χ1n) is 6.67. The number of aromatic nitrogens is 3. The molecule has 0 aliphatic carbocycles. The predicted octanol–water partition coefficient (Wildman–Crippen LogP) is 1.30. The minimum absolute atomic E-state index is 0.194. The Balaban J connectivity index is 1.94. The number of pyridine rings is 1. The normalized spacial score (nSPS) is 10.7. The summed E-state index contributed by atoms with van der Waals surface area (Å²) in [5, 5.41) is 2.77. The molecule has 0 saturated heterocycles. The van der Waals surface area contributed by atoms with Gasteiger partial charge in [-0.15, -0.1) is 0 Å². The molecule has 8 heteroatoms. The van der Waals surface area contributed by atoms with Gasteiger partial charge in [0.2, 0.25) is 0 Å². The number of carbonyl (C=O) groups excluding carboxylic acids is 1. The smallest absolute Gasteiger partial charge is 0.314 e. The Morgan fingerprint density at radius 1 is 1.13 bits per heavy atom. The van der Waals surface area contributed by atoms with E-state index in [0.29, 0.717) is 22.2 Å². The van der Waals surface area contributed by atoms with Gasteiger partial charge in [-0.05, 0) is 29.8 Å². The molecule has 7 nitrogen and oxygen atoms in total. The van der Waals surface area contributed by atoms with E-state index in [1.54, 1.807) is 24.3 Å². The van der Waals surface area contributed by atoms with E-state index in [1.807, 2.05) is 0 Å². The third kappa shape index (κ3) is 3.21. The Hall–Kier alpha value is -2.74. The van der Waals surface area contributed by atoms with Crippen molar-refractivity contribution in [1.82, 2.24) is 20.3 Å². The van der Waals surface area contributed by atoms with Crippen molar-refractivity contribution in [2.24, 2.45) is 0 Å². The van der Waals surface area contributed by atoms with E-state index in [4.69, 9.17) is 0 Å². The lowest BCUT2D eigenvalue weighted by atomic mass is 10.1. The van der Waals surface area contributed by atoms with Crippen molar-refractivity contribution in [2.45, 2.75) is 6.54 Å². The van der Waals surface area contributed by atoms with Crippen molar-refractivity contribution in [3.63, 3.8) is 0 Å². The molecule has 0 fully saturated rings. The van der Waals surface area contributed by atoms with E-state index in [1.165, 1.54) is 12.4 Å². The lowest BCUT2D eigenvalue weighted by molar-refractivity contribution is 0.0951. The second-order valence-electron chi connectivity index (χ2n) is 4.81. The largest absolute Gasteiger partial charge is 0.348 e. The molecule has 0 radical (unpaired) electrons. The van der Waals surface area contributed by atoms with Crippen LogP contribution in [0, 0.1) is 0 Å². The van der Waals surface area contributed by atoms with E-state index in [0.717, 1.165) is 4.47 Å². The number of H-pyrrole nitrogens is 2. The predicted molar refractivity (Wildman–Crippen MR) is 88.3 cm³/mol. The molecule has 0 aliphatic rings. The Bertz CT molecular complexity index is 995. The Morgan fingerprint density at radius 2 is 1.83 bits per heavy atom. The number of carbonyl (C=O) groups is 1. The highest BCUT2D eigenvalue weighted by molar-refractivity contribution is 9.10. The zero-order chi connectivity index (χ0) is 16.4. The van der Waals surface area contributed by atoms with Gasteiger partial charge in [0.1, 0.15) is 0 Å². The molecule has 0 bridgehead atoms. The number of benzene rings is 1. The summed E-state index contributed by atoms with van der Waals surface area (Å²) >= 11 is 3.34. The first kappa shape index (κ1) is 15.2. The van der Waals surface area contributed by atoms with Crippen LogP contribution in [-0.2, 0) is 6.54 Å². The van der Waals surface area contributed by atoms with Crippen LogP contribution in [0.1, 0.15) is 15.9 Å². The summed E-state index contributed by atoms with van der Waals surface area (Å²) in [6.07, 6.45) is 3.07. The highest BCUT2D eigenvalue weighted by Crippen LogP contribution is 2.20. The molecular formula is C15H11BrN4O3. The number of nitrogens with zero attached hydrogens (tertiary/aromatic N) is 1. The number of hydrogen-bond acceptors (Lipinski definition) is 4. The molecule has 1 aromatic carbocycles. The first-order valence-corrected chi connectivity index (χ1v) is 7.47. The summed E-state index contributed by atoms with van der Waals surface area (Å²) in [6.45, 7) is 0.194. The van der Waals surface area contributed by atoms with E-state index in [-0.39, 0.29) is 12.5 Å². The minimum Gasteiger partial charge on any atom is -0.348 e. The molecule has 3 N–H and O–H groups in total. The topological polar surface area (TPSA) is 108 Å². The van der Waals surface area contributed by atoms with Crippen molar-refractivity contribution in [3.8, 4) is 0 Å². The van der Waals surface area contributed by atoms with Crippen LogP contribution in [0.5, 0.6) is 0 Å². The number of halogens is 1. The Labute approximate surface area is 137 Å². The molecular weight excluding hydrogens is 364 g/mol. The maximum absolute atomic E-state index is 12.1. The lowest BCUT2D eigenvalue weighted by Gasteiger charge is -2.09. The molecule has 0 unspecified atom stereocenters. The van der Waals surface area contributed by atoms with Gasteiger partial charge < -0.3 is 15.3 Å². The van der Waals surface area contributed by atoms with Gasteiger partial charge in [0, 0.05) is 29.0 Å². The number of fused-ring (bicyclic) bond motifs is 1. The van der Waals surface area contributed by atoms with Crippen molar-refractivity contribution >= 4 is 32.9 Å². The van der Waals surface area contributed by atoms with E-state index >= 15 is 0 Å². The van der Waals surface area contributed by atoms with Gasteiger partial charge in [-0.2, -0.15) is 0 Å². The number of aromatic amines is 2. The van der Waals surface area contributed by atoms with Gasteiger partial charge >= 0.3 is 11.1 Å². The van der Waals surface area contributed by atoms with Crippen LogP contribution < -0.4 is 16.4 Å². The van der Waals surface area contributed by atoms with Crippen LogP contribution in [0.4, 0.5) is 0 Å². The molecule has 0 saturated carbocycles. The average Bonchev–Trinajstić information content (AvgIpc) is 2.55. The van der Waals surface area contributed by atoms with Gasteiger partial charge in [-0.25, -0.2) is 0 Å². The molecule has 116 valence electrons. The van der Waals surface area contributed by atoms with Crippen molar-refractivity contribution in [3.05, 3.63) is 73.0 Å². The van der Waals surface area contributed by atoms with Crippen molar-refractivity contribution < 1.29 is 4.79 Å². The SMILES string of the molecule is O=C(NCc1cc(Br)cc2[nH]c(=O)c(=O)[nH]c12)c1ccncc1. The summed E-state index contributed by atoms with van der Waals surface area (Å²) in [5.74, 6) is -0.257. The fourth-order valence-corrected chi connectivity index (χ4v) is 2.68. The van der Waals surface area contributed by atoms with Crippen LogP contribution in [0.3, 0.4) is 0 Å². The molecule has 23 heavy (non-hydrogen) atoms. The summed E-state index contributed by atoms with van der Waals surface area (Å²) in [6, 6.07) is 6.66. The van der Waals surface area contributed by atoms with Crippen molar-refractivity contribution in [2.75, 3.05) is 0 Å². The quantitative estimate of drug-likeness (QED) is 0.600. The average molecular weight is 375 g/mol. The summed E-state index contributed by atoms with van der Waals surface area (Å²) < 4.78 is 0.723.